The van der Waals surface area contributed by atoms with E-state index in [0.29, 0.717) is 30.7 Å². The van der Waals surface area contributed by atoms with Crippen LogP contribution in [-0.4, -0.2) is 28.8 Å². The lowest BCUT2D eigenvalue weighted by atomic mass is 10.1. The number of ether oxygens (including phenoxy) is 2. The predicted octanol–water partition coefficient (Wildman–Crippen LogP) is 0.714. The molecule has 3 rings (SSSR count). The number of benzene rings is 1. The van der Waals surface area contributed by atoms with Crippen molar-refractivity contribution >= 4 is 5.97 Å². The van der Waals surface area contributed by atoms with Gasteiger partial charge in [0.05, 0.1) is 31.6 Å². The van der Waals surface area contributed by atoms with Gasteiger partial charge in [-0.3, -0.25) is 14.2 Å². The van der Waals surface area contributed by atoms with Crippen LogP contribution in [0, 0.1) is 0 Å². The highest BCUT2D eigenvalue weighted by molar-refractivity contribution is 5.69. The molecule has 0 spiro atoms. The van der Waals surface area contributed by atoms with Crippen molar-refractivity contribution in [1.82, 2.24) is 9.13 Å². The van der Waals surface area contributed by atoms with Gasteiger partial charge in [0, 0.05) is 25.6 Å². The van der Waals surface area contributed by atoms with Crippen molar-refractivity contribution in [3.05, 3.63) is 61.9 Å². The molecule has 0 amide bonds. The number of rotatable bonds is 4. The molecule has 2 aromatic rings. The molecule has 1 aromatic heterocycles. The van der Waals surface area contributed by atoms with Crippen LogP contribution < -0.4 is 11.2 Å². The molecule has 1 aliphatic rings. The van der Waals surface area contributed by atoms with Crippen LogP contribution in [0.5, 0.6) is 0 Å². The molecule has 0 bridgehead atoms. The zero-order chi connectivity index (χ0) is 18.0. The molecule has 0 unspecified atom stereocenters. The Morgan fingerprint density at radius 1 is 1.24 bits per heavy atom. The number of methoxy groups -OCH3 is 1. The third-order valence-electron chi connectivity index (χ3n) is 4.46. The van der Waals surface area contributed by atoms with Crippen molar-refractivity contribution in [1.29, 1.82) is 0 Å². The van der Waals surface area contributed by atoms with Gasteiger partial charge in [0.25, 0.3) is 5.56 Å². The van der Waals surface area contributed by atoms with Crippen molar-refractivity contribution < 1.29 is 14.3 Å². The van der Waals surface area contributed by atoms with Crippen molar-refractivity contribution in [3.8, 4) is 5.69 Å². The molecule has 0 N–H and O–H groups in total. The molecule has 132 valence electrons. The summed E-state index contributed by atoms with van der Waals surface area (Å²) < 4.78 is 12.7. The number of aryl methyl sites for hydroxylation is 1. The lowest BCUT2D eigenvalue weighted by Crippen LogP contribution is -2.43. The third kappa shape index (κ3) is 3.28. The summed E-state index contributed by atoms with van der Waals surface area (Å²) in [7, 11) is 3.03. The minimum absolute atomic E-state index is 0.222. The van der Waals surface area contributed by atoms with Gasteiger partial charge in [-0.25, -0.2) is 9.36 Å². The second-order valence-electron chi connectivity index (χ2n) is 5.95. The molecule has 2 heterocycles. The number of aromatic nitrogens is 2. The Balaban J connectivity index is 1.97. The number of hydrogen-bond acceptors (Lipinski definition) is 5. The third-order valence-corrected chi connectivity index (χ3v) is 4.46. The van der Waals surface area contributed by atoms with Crippen LogP contribution >= 0.6 is 0 Å². The molecule has 1 aromatic carbocycles. The zero-order valence-electron chi connectivity index (χ0n) is 14.3. The summed E-state index contributed by atoms with van der Waals surface area (Å²) in [5, 5.41) is 0. The zero-order valence-corrected chi connectivity index (χ0v) is 14.3. The van der Waals surface area contributed by atoms with Gasteiger partial charge in [-0.05, 0) is 24.1 Å². The van der Waals surface area contributed by atoms with E-state index in [2.05, 4.69) is 4.74 Å². The number of nitrogens with zero attached hydrogens (tertiary/aromatic N) is 2. The first-order chi connectivity index (χ1) is 12.0. The van der Waals surface area contributed by atoms with Crippen LogP contribution in [0.1, 0.15) is 23.2 Å². The highest BCUT2D eigenvalue weighted by atomic mass is 16.5. The maximum atomic E-state index is 12.7. The summed E-state index contributed by atoms with van der Waals surface area (Å²) in [6, 6.07) is 7.04. The summed E-state index contributed by atoms with van der Waals surface area (Å²) >= 11 is 0. The van der Waals surface area contributed by atoms with E-state index in [4.69, 9.17) is 4.74 Å². The minimum Gasteiger partial charge on any atom is -0.469 e. The van der Waals surface area contributed by atoms with Gasteiger partial charge in [-0.2, -0.15) is 0 Å². The van der Waals surface area contributed by atoms with Crippen LogP contribution in [0.25, 0.3) is 5.69 Å². The molecule has 1 aliphatic heterocycles. The van der Waals surface area contributed by atoms with Gasteiger partial charge in [0.1, 0.15) is 0 Å². The van der Waals surface area contributed by atoms with Crippen molar-refractivity contribution in [2.45, 2.75) is 25.9 Å². The number of fused-ring (bicyclic) bond motifs is 1. The van der Waals surface area contributed by atoms with Crippen LogP contribution in [0.4, 0.5) is 0 Å². The monoisotopic (exact) mass is 344 g/mol. The first-order valence-electron chi connectivity index (χ1n) is 8.10. The molecule has 7 heteroatoms. The van der Waals surface area contributed by atoms with Gasteiger partial charge in [0.2, 0.25) is 0 Å². The largest absolute Gasteiger partial charge is 0.469 e. The van der Waals surface area contributed by atoms with Crippen LogP contribution in [0.15, 0.2) is 33.9 Å². The summed E-state index contributed by atoms with van der Waals surface area (Å²) in [4.78, 5) is 36.6. The standard InChI is InChI=1S/C18H20N2O5/c1-19-15-9-10-25-11-14(15)17(22)20(18(19)23)13-6-3-12(4-7-13)5-8-16(21)24-2/h3-4,6-7H,5,8-11H2,1-2H3. The average molecular weight is 344 g/mol. The van der Waals surface area contributed by atoms with Gasteiger partial charge in [-0.15, -0.1) is 0 Å². The van der Waals surface area contributed by atoms with E-state index in [9.17, 15) is 14.4 Å². The Hall–Kier alpha value is -2.67. The molecule has 0 radical (unpaired) electrons. The van der Waals surface area contributed by atoms with Gasteiger partial charge < -0.3 is 9.47 Å². The molecule has 0 saturated heterocycles. The highest BCUT2D eigenvalue weighted by Gasteiger charge is 2.21. The molecule has 0 aliphatic carbocycles. The molecular weight excluding hydrogens is 324 g/mol. The lowest BCUT2D eigenvalue weighted by Gasteiger charge is -2.20. The topological polar surface area (TPSA) is 79.5 Å². The van der Waals surface area contributed by atoms with Crippen LogP contribution in [-0.2, 0) is 40.8 Å². The fourth-order valence-corrected chi connectivity index (χ4v) is 3.01. The molecular formula is C18H20N2O5. The Labute approximate surface area is 144 Å². The highest BCUT2D eigenvalue weighted by Crippen LogP contribution is 2.13. The number of hydrogen-bond donors (Lipinski definition) is 0. The predicted molar refractivity (Wildman–Crippen MR) is 91.0 cm³/mol. The second kappa shape index (κ2) is 7.06. The Kier molecular flexibility index (Phi) is 4.85. The van der Waals surface area contributed by atoms with Crippen molar-refractivity contribution in [3.63, 3.8) is 0 Å². The van der Waals surface area contributed by atoms with Gasteiger partial charge in [0.15, 0.2) is 0 Å². The maximum absolute atomic E-state index is 12.7. The molecule has 0 atom stereocenters. The Morgan fingerprint density at radius 3 is 2.64 bits per heavy atom. The quantitative estimate of drug-likeness (QED) is 0.764. The van der Waals surface area contributed by atoms with Crippen LogP contribution in [0.2, 0.25) is 0 Å². The Bertz CT molecular complexity index is 909. The van der Waals surface area contributed by atoms with E-state index in [1.165, 1.54) is 11.7 Å². The Morgan fingerprint density at radius 2 is 1.96 bits per heavy atom. The number of carbonyl (C=O) groups is 1. The normalized spacial score (nSPS) is 13.4. The average Bonchev–Trinajstić information content (AvgIpc) is 2.65. The molecule has 0 fully saturated rings. The second-order valence-corrected chi connectivity index (χ2v) is 5.95. The first-order valence-corrected chi connectivity index (χ1v) is 8.10. The summed E-state index contributed by atoms with van der Waals surface area (Å²) in [5.74, 6) is -0.274. The molecule has 25 heavy (non-hydrogen) atoms. The van der Waals surface area contributed by atoms with Crippen LogP contribution in [0.3, 0.4) is 0 Å². The van der Waals surface area contributed by atoms with E-state index < -0.39 is 0 Å². The first kappa shape index (κ1) is 17.2. The number of carbonyl (C=O) groups excluding carboxylic acids is 1. The van der Waals surface area contributed by atoms with E-state index in [1.54, 1.807) is 31.3 Å². The number of esters is 1. The van der Waals surface area contributed by atoms with Crippen molar-refractivity contribution in [2.24, 2.45) is 7.05 Å². The van der Waals surface area contributed by atoms with E-state index in [1.807, 2.05) is 0 Å². The van der Waals surface area contributed by atoms with E-state index in [0.717, 1.165) is 15.8 Å². The maximum Gasteiger partial charge on any atom is 0.335 e. The van der Waals surface area contributed by atoms with Gasteiger partial charge in [-0.1, -0.05) is 12.1 Å². The fraction of sp³-hybridized carbons (Fsp3) is 0.389. The van der Waals surface area contributed by atoms with Crippen molar-refractivity contribution in [2.75, 3.05) is 13.7 Å². The summed E-state index contributed by atoms with van der Waals surface area (Å²) in [5.41, 5.74) is 2.00. The summed E-state index contributed by atoms with van der Waals surface area (Å²) in [6.45, 7) is 0.734. The minimum atomic E-state index is -0.368. The summed E-state index contributed by atoms with van der Waals surface area (Å²) in [6.07, 6.45) is 1.38. The van der Waals surface area contributed by atoms with Gasteiger partial charge >= 0.3 is 11.7 Å². The SMILES string of the molecule is COC(=O)CCc1ccc(-n2c(=O)c3c(n(C)c2=O)CCOC3)cc1. The molecule has 7 nitrogen and oxygen atoms in total. The molecule has 0 saturated carbocycles. The van der Waals surface area contributed by atoms with E-state index in [-0.39, 0.29) is 30.2 Å². The fourth-order valence-electron chi connectivity index (χ4n) is 3.01. The smallest absolute Gasteiger partial charge is 0.335 e. The van der Waals surface area contributed by atoms with E-state index >= 15 is 0 Å². The lowest BCUT2D eigenvalue weighted by molar-refractivity contribution is -0.140.